The topological polar surface area (TPSA) is 62.5 Å². The van der Waals surface area contributed by atoms with Crippen molar-refractivity contribution in [2.45, 2.75) is 0 Å². The second-order valence-electron chi connectivity index (χ2n) is 4.85. The van der Waals surface area contributed by atoms with Crippen molar-refractivity contribution < 1.29 is 9.90 Å². The van der Waals surface area contributed by atoms with E-state index in [-0.39, 0.29) is 18.1 Å². The van der Waals surface area contributed by atoms with Gasteiger partial charge in [-0.15, -0.1) is 0 Å². The summed E-state index contributed by atoms with van der Waals surface area (Å²) in [6.45, 7) is 0.0344. The highest BCUT2D eigenvalue weighted by Crippen LogP contribution is 2.25. The zero-order valence-corrected chi connectivity index (χ0v) is 11.8. The molecule has 1 aromatic heterocycles. The highest BCUT2D eigenvalue weighted by molar-refractivity contribution is 6.04. The fourth-order valence-electron chi connectivity index (χ4n) is 2.27. The van der Waals surface area contributed by atoms with Crippen molar-refractivity contribution in [1.29, 1.82) is 0 Å². The molecule has 0 saturated carbocycles. The van der Waals surface area contributed by atoms with Gasteiger partial charge in [0, 0.05) is 29.7 Å². The van der Waals surface area contributed by atoms with E-state index in [0.29, 0.717) is 11.1 Å². The van der Waals surface area contributed by atoms with Gasteiger partial charge < -0.3 is 5.11 Å². The summed E-state index contributed by atoms with van der Waals surface area (Å²) in [5.41, 5.74) is 1.20. The van der Waals surface area contributed by atoms with Gasteiger partial charge in [0.1, 0.15) is 12.3 Å². The molecule has 3 rings (SSSR count). The third-order valence-electron chi connectivity index (χ3n) is 3.41. The van der Waals surface area contributed by atoms with Crippen LogP contribution in [0.2, 0.25) is 0 Å². The van der Waals surface area contributed by atoms with Gasteiger partial charge in [-0.25, -0.2) is 0 Å². The lowest BCUT2D eigenvalue weighted by molar-refractivity contribution is 0.100. The molecule has 0 bridgehead atoms. The zero-order chi connectivity index (χ0) is 15.4. The molecule has 2 aromatic carbocycles. The van der Waals surface area contributed by atoms with Crippen LogP contribution in [0.15, 0.2) is 65.9 Å². The van der Waals surface area contributed by atoms with Crippen molar-refractivity contribution in [2.24, 2.45) is 4.99 Å². The van der Waals surface area contributed by atoms with Gasteiger partial charge in [0.25, 0.3) is 0 Å². The highest BCUT2D eigenvalue weighted by atomic mass is 16.3. The number of carbonyl (C=O) groups excluding carboxylic acids is 1. The number of phenolic OH excluding ortho intramolecular Hbond substituents is 1. The molecule has 4 nitrogen and oxygen atoms in total. The summed E-state index contributed by atoms with van der Waals surface area (Å²) in [7, 11) is 0. The molecule has 1 N–H and O–H groups in total. The van der Waals surface area contributed by atoms with Crippen LogP contribution in [-0.2, 0) is 0 Å². The van der Waals surface area contributed by atoms with Gasteiger partial charge >= 0.3 is 0 Å². The number of hydrogen-bond acceptors (Lipinski definition) is 4. The van der Waals surface area contributed by atoms with Gasteiger partial charge in [0.2, 0.25) is 0 Å². The quantitative estimate of drug-likeness (QED) is 0.592. The molecule has 0 unspecified atom stereocenters. The number of hydrogen-bond donors (Lipinski definition) is 1. The Morgan fingerprint density at radius 2 is 1.86 bits per heavy atom. The van der Waals surface area contributed by atoms with Crippen molar-refractivity contribution in [1.82, 2.24) is 4.98 Å². The van der Waals surface area contributed by atoms with Crippen LogP contribution in [-0.4, -0.2) is 28.6 Å². The molecule has 0 saturated heterocycles. The van der Waals surface area contributed by atoms with E-state index in [9.17, 15) is 9.90 Å². The predicted octanol–water partition coefficient (Wildman–Crippen LogP) is 3.24. The summed E-state index contributed by atoms with van der Waals surface area (Å²) in [5, 5.41) is 11.9. The second-order valence-corrected chi connectivity index (χ2v) is 4.85. The maximum atomic E-state index is 12.0. The number of pyridine rings is 1. The largest absolute Gasteiger partial charge is 0.507 e. The van der Waals surface area contributed by atoms with Gasteiger partial charge in [-0.05, 0) is 29.0 Å². The van der Waals surface area contributed by atoms with E-state index in [0.717, 1.165) is 10.8 Å². The fourth-order valence-corrected chi connectivity index (χ4v) is 2.27. The van der Waals surface area contributed by atoms with Gasteiger partial charge in [0.15, 0.2) is 5.78 Å². The lowest BCUT2D eigenvalue weighted by atomic mass is 10.0. The van der Waals surface area contributed by atoms with Crippen LogP contribution < -0.4 is 0 Å². The Hall–Kier alpha value is -3.01. The average Bonchev–Trinajstić information content (AvgIpc) is 2.57. The molecule has 0 aliphatic heterocycles. The molecule has 108 valence electrons. The Labute approximate surface area is 127 Å². The van der Waals surface area contributed by atoms with E-state index in [2.05, 4.69) is 9.98 Å². The number of rotatable bonds is 4. The molecule has 0 spiro atoms. The Balaban J connectivity index is 1.84. The first-order valence-corrected chi connectivity index (χ1v) is 6.89. The van der Waals surface area contributed by atoms with Crippen LogP contribution in [0.25, 0.3) is 10.8 Å². The molecule has 0 aliphatic carbocycles. The molecule has 22 heavy (non-hydrogen) atoms. The van der Waals surface area contributed by atoms with Crippen molar-refractivity contribution >= 4 is 22.8 Å². The molecule has 1 heterocycles. The minimum Gasteiger partial charge on any atom is -0.507 e. The normalized spacial score (nSPS) is 11.1. The van der Waals surface area contributed by atoms with E-state index in [4.69, 9.17) is 0 Å². The first-order valence-electron chi connectivity index (χ1n) is 6.89. The summed E-state index contributed by atoms with van der Waals surface area (Å²) >= 11 is 0. The van der Waals surface area contributed by atoms with Crippen molar-refractivity contribution in [3.8, 4) is 5.75 Å². The standard InChI is InChI=1S/C18H14N2O2/c21-17-6-5-13-3-1-2-4-15(13)16(17)11-20-12-18(22)14-7-9-19-10-8-14/h1-11,21H,12H2. The molecular weight excluding hydrogens is 276 g/mol. The molecule has 4 heteroatoms. The number of aliphatic imine (C=N–C) groups is 1. The lowest BCUT2D eigenvalue weighted by Gasteiger charge is -2.04. The molecule has 0 fully saturated rings. The zero-order valence-electron chi connectivity index (χ0n) is 11.8. The van der Waals surface area contributed by atoms with Gasteiger partial charge in [0.05, 0.1) is 0 Å². The van der Waals surface area contributed by atoms with Crippen LogP contribution in [0.1, 0.15) is 15.9 Å². The Kier molecular flexibility index (Phi) is 3.92. The number of nitrogens with zero attached hydrogens (tertiary/aromatic N) is 2. The van der Waals surface area contributed by atoms with Crippen LogP contribution in [0.4, 0.5) is 0 Å². The monoisotopic (exact) mass is 290 g/mol. The number of ketones is 1. The van der Waals surface area contributed by atoms with Crippen molar-refractivity contribution in [3.63, 3.8) is 0 Å². The molecule has 0 radical (unpaired) electrons. The molecule has 3 aromatic rings. The average molecular weight is 290 g/mol. The van der Waals surface area contributed by atoms with E-state index in [1.165, 1.54) is 0 Å². The number of phenols is 1. The molecule has 0 atom stereocenters. The first-order chi connectivity index (χ1) is 10.8. The lowest BCUT2D eigenvalue weighted by Crippen LogP contribution is -2.03. The van der Waals surface area contributed by atoms with Crippen LogP contribution >= 0.6 is 0 Å². The third-order valence-corrected chi connectivity index (χ3v) is 3.41. The summed E-state index contributed by atoms with van der Waals surface area (Å²) in [4.78, 5) is 20.0. The third kappa shape index (κ3) is 2.86. The minimum atomic E-state index is -0.0848. The van der Waals surface area contributed by atoms with Crippen molar-refractivity contribution in [2.75, 3.05) is 6.54 Å². The summed E-state index contributed by atoms with van der Waals surface area (Å²) in [6, 6.07) is 14.5. The van der Waals surface area contributed by atoms with E-state index in [1.54, 1.807) is 36.8 Å². The van der Waals surface area contributed by atoms with Gasteiger partial charge in [-0.1, -0.05) is 30.3 Å². The Bertz CT molecular complexity index is 842. The minimum absolute atomic E-state index is 0.0344. The van der Waals surface area contributed by atoms with E-state index < -0.39 is 0 Å². The van der Waals surface area contributed by atoms with E-state index in [1.807, 2.05) is 30.3 Å². The number of benzene rings is 2. The number of aromatic hydroxyl groups is 1. The first kappa shape index (κ1) is 13.9. The SMILES string of the molecule is O=C(CN=Cc1c(O)ccc2ccccc12)c1ccncc1. The number of carbonyl (C=O) groups is 1. The fraction of sp³-hybridized carbons (Fsp3) is 0.0556. The number of Topliss-reactive ketones (excluding diaryl/α,β-unsaturated/α-hetero) is 1. The Morgan fingerprint density at radius 3 is 2.68 bits per heavy atom. The van der Waals surface area contributed by atoms with Gasteiger partial charge in [-0.2, -0.15) is 0 Å². The van der Waals surface area contributed by atoms with Crippen LogP contribution in [0.3, 0.4) is 0 Å². The maximum absolute atomic E-state index is 12.0. The predicted molar refractivity (Wildman–Crippen MR) is 86.6 cm³/mol. The second kappa shape index (κ2) is 6.18. The summed E-state index contributed by atoms with van der Waals surface area (Å²) in [6.07, 6.45) is 4.71. The van der Waals surface area contributed by atoms with Gasteiger partial charge in [-0.3, -0.25) is 14.8 Å². The van der Waals surface area contributed by atoms with Crippen LogP contribution in [0.5, 0.6) is 5.75 Å². The van der Waals surface area contributed by atoms with Crippen molar-refractivity contribution in [3.05, 3.63) is 72.1 Å². The van der Waals surface area contributed by atoms with Crippen LogP contribution in [0, 0.1) is 0 Å². The molecular formula is C18H14N2O2. The molecule has 0 aliphatic rings. The maximum Gasteiger partial charge on any atom is 0.184 e. The Morgan fingerprint density at radius 1 is 1.09 bits per heavy atom. The van der Waals surface area contributed by atoms with E-state index >= 15 is 0 Å². The smallest absolute Gasteiger partial charge is 0.184 e. The summed E-state index contributed by atoms with van der Waals surface area (Å²) < 4.78 is 0. The molecule has 0 amide bonds. The number of fused-ring (bicyclic) bond motifs is 1. The highest BCUT2D eigenvalue weighted by Gasteiger charge is 2.06. The number of aromatic nitrogens is 1. The summed E-state index contributed by atoms with van der Waals surface area (Å²) in [5.74, 6) is 0.0668.